The van der Waals surface area contributed by atoms with Crippen molar-refractivity contribution in [2.24, 2.45) is 0 Å². The molecule has 3 nitrogen and oxygen atoms in total. The standard InChI is InChI=1S/C17H10ClF2NO2/c18-11-3-1-2-10(8-11)15-6-7-16(23-15)17(22)21-14-5-4-12(19)9-13(14)20/h1-9H,(H,21,22). The molecule has 116 valence electrons. The Labute approximate surface area is 135 Å². The van der Waals surface area contributed by atoms with Gasteiger partial charge in [0.1, 0.15) is 17.4 Å². The fourth-order valence-electron chi connectivity index (χ4n) is 2.03. The lowest BCUT2D eigenvalue weighted by molar-refractivity contribution is 0.0997. The van der Waals surface area contributed by atoms with E-state index in [0.717, 1.165) is 12.1 Å². The van der Waals surface area contributed by atoms with Crippen molar-refractivity contribution in [3.63, 3.8) is 0 Å². The number of anilines is 1. The minimum Gasteiger partial charge on any atom is -0.451 e. The van der Waals surface area contributed by atoms with Crippen LogP contribution in [0.5, 0.6) is 0 Å². The van der Waals surface area contributed by atoms with Crippen LogP contribution in [0.3, 0.4) is 0 Å². The molecule has 0 bridgehead atoms. The van der Waals surface area contributed by atoms with E-state index in [4.69, 9.17) is 16.0 Å². The normalized spacial score (nSPS) is 10.6. The van der Waals surface area contributed by atoms with Gasteiger partial charge in [-0.15, -0.1) is 0 Å². The molecule has 1 N–H and O–H groups in total. The molecule has 3 rings (SSSR count). The molecule has 0 fully saturated rings. The number of furan rings is 1. The first-order valence-electron chi connectivity index (χ1n) is 6.65. The second kappa shape index (κ2) is 6.22. The van der Waals surface area contributed by atoms with Crippen LogP contribution < -0.4 is 5.32 Å². The van der Waals surface area contributed by atoms with Gasteiger partial charge >= 0.3 is 0 Å². The maximum Gasteiger partial charge on any atom is 0.291 e. The van der Waals surface area contributed by atoms with Crippen molar-refractivity contribution in [2.75, 3.05) is 5.32 Å². The Morgan fingerprint density at radius 1 is 1.04 bits per heavy atom. The minimum absolute atomic E-state index is 0.00343. The highest BCUT2D eigenvalue weighted by molar-refractivity contribution is 6.30. The Kier molecular flexibility index (Phi) is 4.12. The number of amides is 1. The highest BCUT2D eigenvalue weighted by Crippen LogP contribution is 2.25. The maximum atomic E-state index is 13.5. The van der Waals surface area contributed by atoms with Gasteiger partial charge in [0.2, 0.25) is 0 Å². The van der Waals surface area contributed by atoms with E-state index in [0.29, 0.717) is 22.4 Å². The average Bonchev–Trinajstić information content (AvgIpc) is 3.00. The van der Waals surface area contributed by atoms with Crippen molar-refractivity contribution in [3.05, 3.63) is 77.0 Å². The zero-order valence-electron chi connectivity index (χ0n) is 11.6. The van der Waals surface area contributed by atoms with Gasteiger partial charge in [0.15, 0.2) is 5.76 Å². The van der Waals surface area contributed by atoms with Crippen LogP contribution in [0.1, 0.15) is 10.6 Å². The topological polar surface area (TPSA) is 42.2 Å². The zero-order valence-corrected chi connectivity index (χ0v) is 12.4. The van der Waals surface area contributed by atoms with E-state index in [1.165, 1.54) is 6.07 Å². The molecule has 1 aromatic heterocycles. The van der Waals surface area contributed by atoms with Gasteiger partial charge in [-0.3, -0.25) is 4.79 Å². The lowest BCUT2D eigenvalue weighted by Crippen LogP contribution is -2.12. The fourth-order valence-corrected chi connectivity index (χ4v) is 2.22. The van der Waals surface area contributed by atoms with Crippen molar-refractivity contribution in [1.82, 2.24) is 0 Å². The Balaban J connectivity index is 1.81. The molecule has 1 amide bonds. The van der Waals surface area contributed by atoms with Gasteiger partial charge in [-0.2, -0.15) is 0 Å². The van der Waals surface area contributed by atoms with Crippen molar-refractivity contribution in [2.45, 2.75) is 0 Å². The number of halogens is 3. The third-order valence-corrected chi connectivity index (χ3v) is 3.35. The van der Waals surface area contributed by atoms with Crippen molar-refractivity contribution < 1.29 is 18.0 Å². The highest BCUT2D eigenvalue weighted by Gasteiger charge is 2.14. The lowest BCUT2D eigenvalue weighted by atomic mass is 10.2. The number of hydrogen-bond acceptors (Lipinski definition) is 2. The highest BCUT2D eigenvalue weighted by atomic mass is 35.5. The second-order valence-electron chi connectivity index (χ2n) is 4.75. The molecule has 0 saturated carbocycles. The molecule has 0 aliphatic carbocycles. The van der Waals surface area contributed by atoms with Crippen LogP contribution in [0.2, 0.25) is 5.02 Å². The molecule has 23 heavy (non-hydrogen) atoms. The van der Waals surface area contributed by atoms with Gasteiger partial charge in [0.05, 0.1) is 5.69 Å². The lowest BCUT2D eigenvalue weighted by Gasteiger charge is -2.04. The van der Waals surface area contributed by atoms with Gasteiger partial charge in [-0.05, 0) is 36.4 Å². The number of carbonyl (C=O) groups excluding carboxylic acids is 1. The molecular formula is C17H10ClF2NO2. The van der Waals surface area contributed by atoms with Gasteiger partial charge in [0.25, 0.3) is 5.91 Å². The Morgan fingerprint density at radius 3 is 2.61 bits per heavy atom. The first-order chi connectivity index (χ1) is 11.0. The summed E-state index contributed by atoms with van der Waals surface area (Å²) in [4.78, 5) is 12.1. The molecule has 6 heteroatoms. The SMILES string of the molecule is O=C(Nc1ccc(F)cc1F)c1ccc(-c2cccc(Cl)c2)o1. The largest absolute Gasteiger partial charge is 0.451 e. The summed E-state index contributed by atoms with van der Waals surface area (Å²) in [7, 11) is 0. The predicted octanol–water partition coefficient (Wildman–Crippen LogP) is 5.13. The summed E-state index contributed by atoms with van der Waals surface area (Å²) in [6, 6.07) is 12.9. The van der Waals surface area contributed by atoms with E-state index in [9.17, 15) is 13.6 Å². The van der Waals surface area contributed by atoms with Crippen LogP contribution in [0.4, 0.5) is 14.5 Å². The van der Waals surface area contributed by atoms with Crippen LogP contribution >= 0.6 is 11.6 Å². The number of carbonyl (C=O) groups is 1. The predicted molar refractivity (Wildman–Crippen MR) is 83.5 cm³/mol. The molecule has 0 radical (unpaired) electrons. The van der Waals surface area contributed by atoms with Gasteiger partial charge in [0, 0.05) is 16.7 Å². The molecule has 0 spiro atoms. The monoisotopic (exact) mass is 333 g/mol. The van der Waals surface area contributed by atoms with Crippen LogP contribution in [-0.4, -0.2) is 5.91 Å². The van der Waals surface area contributed by atoms with Gasteiger partial charge in [-0.25, -0.2) is 8.78 Å². The summed E-state index contributed by atoms with van der Waals surface area (Å²) < 4.78 is 31.8. The average molecular weight is 334 g/mol. The van der Waals surface area contributed by atoms with E-state index in [-0.39, 0.29) is 11.4 Å². The second-order valence-corrected chi connectivity index (χ2v) is 5.19. The zero-order chi connectivity index (χ0) is 16.4. The van der Waals surface area contributed by atoms with Crippen molar-refractivity contribution >= 4 is 23.2 Å². The molecule has 0 atom stereocenters. The molecule has 3 aromatic rings. The Morgan fingerprint density at radius 2 is 1.87 bits per heavy atom. The first kappa shape index (κ1) is 15.2. The third kappa shape index (κ3) is 3.40. The number of benzene rings is 2. The maximum absolute atomic E-state index is 13.5. The Bertz CT molecular complexity index is 877. The number of rotatable bonds is 3. The van der Waals surface area contributed by atoms with E-state index in [1.807, 2.05) is 0 Å². The summed E-state index contributed by atoms with van der Waals surface area (Å²) in [5.74, 6) is -1.76. The molecule has 0 aliphatic heterocycles. The molecule has 0 unspecified atom stereocenters. The number of hydrogen-bond donors (Lipinski definition) is 1. The van der Waals surface area contributed by atoms with Crippen molar-refractivity contribution in [1.29, 1.82) is 0 Å². The number of nitrogens with one attached hydrogen (secondary N) is 1. The smallest absolute Gasteiger partial charge is 0.291 e. The van der Waals surface area contributed by atoms with Gasteiger partial charge < -0.3 is 9.73 Å². The van der Waals surface area contributed by atoms with Crippen LogP contribution in [0.15, 0.2) is 59.0 Å². The third-order valence-electron chi connectivity index (χ3n) is 3.12. The molecule has 2 aromatic carbocycles. The van der Waals surface area contributed by atoms with Gasteiger partial charge in [-0.1, -0.05) is 23.7 Å². The minimum atomic E-state index is -0.861. The molecule has 0 saturated heterocycles. The molecular weight excluding hydrogens is 324 g/mol. The van der Waals surface area contributed by atoms with E-state index >= 15 is 0 Å². The molecule has 0 aliphatic rings. The summed E-state index contributed by atoms with van der Waals surface area (Å²) in [5.41, 5.74) is 0.585. The van der Waals surface area contributed by atoms with E-state index in [1.54, 1.807) is 30.3 Å². The fraction of sp³-hybridized carbons (Fsp3) is 0. The summed E-state index contributed by atoms with van der Waals surface area (Å²) in [6.07, 6.45) is 0. The van der Waals surface area contributed by atoms with Crippen LogP contribution in [-0.2, 0) is 0 Å². The van der Waals surface area contributed by atoms with Crippen molar-refractivity contribution in [3.8, 4) is 11.3 Å². The Hall–Kier alpha value is -2.66. The summed E-state index contributed by atoms with van der Waals surface area (Å²) in [6.45, 7) is 0. The quantitative estimate of drug-likeness (QED) is 0.722. The first-order valence-corrected chi connectivity index (χ1v) is 7.03. The van der Waals surface area contributed by atoms with Crippen LogP contribution in [0.25, 0.3) is 11.3 Å². The van der Waals surface area contributed by atoms with Crippen LogP contribution in [0, 0.1) is 11.6 Å². The molecule has 1 heterocycles. The summed E-state index contributed by atoms with van der Waals surface area (Å²) >= 11 is 5.91. The van der Waals surface area contributed by atoms with E-state index < -0.39 is 17.5 Å². The summed E-state index contributed by atoms with van der Waals surface area (Å²) in [5, 5.41) is 2.87. The van der Waals surface area contributed by atoms with E-state index in [2.05, 4.69) is 5.32 Å².